The fraction of sp³-hybridized carbons (Fsp3) is 0.675. The number of hydrogen-bond acceptors (Lipinski definition) is 3. The second kappa shape index (κ2) is 35.3. The van der Waals surface area contributed by atoms with Crippen LogP contribution in [0.4, 0.5) is 0 Å². The lowest BCUT2D eigenvalue weighted by molar-refractivity contribution is -0.123. The Balaban J connectivity index is 3.66. The molecule has 0 rings (SSSR count). The lowest BCUT2D eigenvalue weighted by atomic mass is 10.1. The van der Waals surface area contributed by atoms with E-state index in [1.807, 2.05) is 6.08 Å². The molecule has 44 heavy (non-hydrogen) atoms. The van der Waals surface area contributed by atoms with E-state index in [4.69, 9.17) is 0 Å². The van der Waals surface area contributed by atoms with Crippen LogP contribution in [0, 0.1) is 0 Å². The van der Waals surface area contributed by atoms with Crippen LogP contribution in [-0.4, -0.2) is 34.9 Å². The van der Waals surface area contributed by atoms with Gasteiger partial charge in [-0.3, -0.25) is 4.79 Å². The number of rotatable bonds is 31. The Hall–Kier alpha value is -2.17. The average Bonchev–Trinajstić information content (AvgIpc) is 3.03. The lowest BCUT2D eigenvalue weighted by Gasteiger charge is -2.20. The minimum atomic E-state index is -0.844. The quantitative estimate of drug-likeness (QED) is 0.0539. The zero-order chi connectivity index (χ0) is 32.2. The molecule has 2 unspecified atom stereocenters. The topological polar surface area (TPSA) is 69.6 Å². The number of nitrogens with one attached hydrogen (secondary N) is 1. The van der Waals surface area contributed by atoms with Crippen molar-refractivity contribution in [2.24, 2.45) is 0 Å². The minimum Gasteiger partial charge on any atom is -0.394 e. The summed E-state index contributed by atoms with van der Waals surface area (Å²) < 4.78 is 0. The van der Waals surface area contributed by atoms with Crippen LogP contribution in [-0.2, 0) is 4.79 Å². The number of allylic oxidation sites excluding steroid dienone is 11. The Labute approximate surface area is 272 Å². The molecule has 1 amide bonds. The van der Waals surface area contributed by atoms with Gasteiger partial charge in [-0.25, -0.2) is 0 Å². The maximum atomic E-state index is 12.3. The first kappa shape index (κ1) is 41.8. The fourth-order valence-corrected chi connectivity index (χ4v) is 4.91. The van der Waals surface area contributed by atoms with Gasteiger partial charge in [0.15, 0.2) is 0 Å². The summed E-state index contributed by atoms with van der Waals surface area (Å²) in [6.07, 6.45) is 49.9. The Bertz CT molecular complexity index is 792. The molecule has 252 valence electrons. The third-order valence-corrected chi connectivity index (χ3v) is 7.70. The van der Waals surface area contributed by atoms with Crippen LogP contribution >= 0.6 is 0 Å². The Morgan fingerprint density at radius 3 is 1.50 bits per heavy atom. The van der Waals surface area contributed by atoms with Crippen molar-refractivity contribution in [3.05, 3.63) is 72.9 Å². The molecule has 3 N–H and O–H groups in total. The fourth-order valence-electron chi connectivity index (χ4n) is 4.91. The number of carbonyl (C=O) groups is 1. The zero-order valence-electron chi connectivity index (χ0n) is 28.6. The zero-order valence-corrected chi connectivity index (χ0v) is 28.6. The standard InChI is InChI=1S/C40H69NO3/c1-3-5-7-9-11-13-14-15-16-17-18-19-20-21-22-23-24-25-26-28-30-32-34-36-40(44)41-38(37-42)39(43)35-33-31-29-27-12-10-8-6-4-2/h5,7,11,13,15-16,18-19,21-22,33,35,38-39,42-43H,3-4,6,8-10,12,14,17,20,23-32,34,36-37H2,1-2H3,(H,41,44)/b7-5-,13-11-,16-15-,19-18-,22-21-,35-33+. The van der Waals surface area contributed by atoms with Crippen molar-refractivity contribution in [3.8, 4) is 0 Å². The van der Waals surface area contributed by atoms with Crippen molar-refractivity contribution in [1.29, 1.82) is 0 Å². The van der Waals surface area contributed by atoms with Crippen LogP contribution in [0.3, 0.4) is 0 Å². The van der Waals surface area contributed by atoms with Crippen molar-refractivity contribution in [1.82, 2.24) is 5.32 Å². The normalized spacial score (nSPS) is 14.0. The van der Waals surface area contributed by atoms with Crippen LogP contribution in [0.2, 0.25) is 0 Å². The highest BCUT2D eigenvalue weighted by molar-refractivity contribution is 5.76. The number of hydrogen-bond donors (Lipinski definition) is 3. The molecule has 0 aromatic carbocycles. The van der Waals surface area contributed by atoms with Crippen molar-refractivity contribution in [3.63, 3.8) is 0 Å². The van der Waals surface area contributed by atoms with E-state index in [2.05, 4.69) is 79.9 Å². The van der Waals surface area contributed by atoms with E-state index in [0.717, 1.165) is 70.6 Å². The smallest absolute Gasteiger partial charge is 0.220 e. The van der Waals surface area contributed by atoms with Crippen molar-refractivity contribution < 1.29 is 15.0 Å². The Morgan fingerprint density at radius 2 is 1.00 bits per heavy atom. The summed E-state index contributed by atoms with van der Waals surface area (Å²) in [5, 5.41) is 22.8. The summed E-state index contributed by atoms with van der Waals surface area (Å²) in [4.78, 5) is 12.3. The third kappa shape index (κ3) is 31.3. The van der Waals surface area contributed by atoms with Crippen LogP contribution in [0.25, 0.3) is 0 Å². The molecule has 0 aromatic heterocycles. The van der Waals surface area contributed by atoms with Gasteiger partial charge in [-0.1, -0.05) is 157 Å². The molecule has 0 saturated heterocycles. The van der Waals surface area contributed by atoms with Gasteiger partial charge in [0.2, 0.25) is 5.91 Å². The maximum absolute atomic E-state index is 12.3. The summed E-state index contributed by atoms with van der Waals surface area (Å²) in [6.45, 7) is 4.14. The van der Waals surface area contributed by atoms with Crippen LogP contribution in [0.1, 0.15) is 155 Å². The van der Waals surface area contributed by atoms with Gasteiger partial charge < -0.3 is 15.5 Å². The van der Waals surface area contributed by atoms with Gasteiger partial charge in [0.25, 0.3) is 0 Å². The molecule has 2 atom stereocenters. The minimum absolute atomic E-state index is 0.0827. The van der Waals surface area contributed by atoms with Crippen molar-refractivity contribution >= 4 is 5.91 Å². The summed E-state index contributed by atoms with van der Waals surface area (Å²) in [6, 6.07) is -0.629. The van der Waals surface area contributed by atoms with Gasteiger partial charge in [-0.2, -0.15) is 0 Å². The van der Waals surface area contributed by atoms with Crippen LogP contribution < -0.4 is 5.32 Å². The van der Waals surface area contributed by atoms with E-state index in [1.165, 1.54) is 64.2 Å². The van der Waals surface area contributed by atoms with Gasteiger partial charge in [-0.05, 0) is 64.2 Å². The molecule has 0 aliphatic rings. The maximum Gasteiger partial charge on any atom is 0.220 e. The molecule has 0 aliphatic heterocycles. The van der Waals surface area contributed by atoms with Crippen LogP contribution in [0.5, 0.6) is 0 Å². The predicted octanol–water partition coefficient (Wildman–Crippen LogP) is 10.8. The molecule has 4 nitrogen and oxygen atoms in total. The summed E-state index contributed by atoms with van der Waals surface area (Å²) in [7, 11) is 0. The molecule has 0 aliphatic carbocycles. The van der Waals surface area contributed by atoms with E-state index < -0.39 is 12.1 Å². The Morgan fingerprint density at radius 1 is 0.568 bits per heavy atom. The van der Waals surface area contributed by atoms with Gasteiger partial charge in [0, 0.05) is 6.42 Å². The number of amides is 1. The predicted molar refractivity (Wildman–Crippen MR) is 193 cm³/mol. The Kier molecular flexibility index (Phi) is 33.6. The first-order valence-electron chi connectivity index (χ1n) is 18.2. The van der Waals surface area contributed by atoms with Gasteiger partial charge in [0.05, 0.1) is 18.8 Å². The molecular formula is C40H69NO3. The van der Waals surface area contributed by atoms with Crippen molar-refractivity contribution in [2.45, 2.75) is 167 Å². The van der Waals surface area contributed by atoms with E-state index in [1.54, 1.807) is 6.08 Å². The third-order valence-electron chi connectivity index (χ3n) is 7.70. The number of aliphatic hydroxyl groups is 2. The molecule has 0 fully saturated rings. The van der Waals surface area contributed by atoms with E-state index in [-0.39, 0.29) is 12.5 Å². The second-order valence-corrected chi connectivity index (χ2v) is 11.9. The number of aliphatic hydroxyl groups excluding tert-OH is 2. The highest BCUT2D eigenvalue weighted by Crippen LogP contribution is 2.11. The molecule has 0 saturated carbocycles. The van der Waals surface area contributed by atoms with Crippen LogP contribution in [0.15, 0.2) is 72.9 Å². The SMILES string of the molecule is CC/C=C\C/C=C\C/C=C\C/C=C\C/C=C\CCCCCCCCCC(=O)NC(CO)C(O)/C=C/CCCCCCCCC. The summed E-state index contributed by atoms with van der Waals surface area (Å²) in [5.74, 6) is -0.0827. The lowest BCUT2D eigenvalue weighted by Crippen LogP contribution is -2.45. The molecule has 0 aromatic rings. The molecule has 0 bridgehead atoms. The van der Waals surface area contributed by atoms with E-state index >= 15 is 0 Å². The molecule has 0 radical (unpaired) electrons. The average molecular weight is 612 g/mol. The highest BCUT2D eigenvalue weighted by Gasteiger charge is 2.17. The van der Waals surface area contributed by atoms with Gasteiger partial charge >= 0.3 is 0 Å². The summed E-state index contributed by atoms with van der Waals surface area (Å²) in [5.41, 5.74) is 0. The molecule has 0 heterocycles. The van der Waals surface area contributed by atoms with Crippen molar-refractivity contribution in [2.75, 3.05) is 6.61 Å². The monoisotopic (exact) mass is 612 g/mol. The molecule has 4 heteroatoms. The largest absolute Gasteiger partial charge is 0.394 e. The first-order chi connectivity index (χ1) is 21.7. The number of unbranched alkanes of at least 4 members (excludes halogenated alkanes) is 14. The summed E-state index contributed by atoms with van der Waals surface area (Å²) >= 11 is 0. The van der Waals surface area contributed by atoms with E-state index in [9.17, 15) is 15.0 Å². The first-order valence-corrected chi connectivity index (χ1v) is 18.2. The molecular weight excluding hydrogens is 542 g/mol. The van der Waals surface area contributed by atoms with Gasteiger partial charge in [0.1, 0.15) is 0 Å². The van der Waals surface area contributed by atoms with Gasteiger partial charge in [-0.15, -0.1) is 0 Å². The molecule has 0 spiro atoms. The van der Waals surface area contributed by atoms with E-state index in [0.29, 0.717) is 6.42 Å². The highest BCUT2D eigenvalue weighted by atomic mass is 16.3. The number of carbonyl (C=O) groups excluding carboxylic acids is 1. The second-order valence-electron chi connectivity index (χ2n) is 11.9.